The molecule has 2 heterocycles. The average molecular weight is 334 g/mol. The Bertz CT molecular complexity index is 726. The van der Waals surface area contributed by atoms with E-state index in [1.807, 2.05) is 0 Å². The first-order chi connectivity index (χ1) is 11.0. The van der Waals surface area contributed by atoms with Crippen LogP contribution in [0.2, 0.25) is 5.02 Å². The quantitative estimate of drug-likeness (QED) is 0.876. The van der Waals surface area contributed by atoms with E-state index < -0.39 is 5.97 Å². The number of hydrogen-bond donors (Lipinski definition) is 1. The van der Waals surface area contributed by atoms with Gasteiger partial charge in [0.15, 0.2) is 0 Å². The van der Waals surface area contributed by atoms with Gasteiger partial charge in [-0.15, -0.1) is 0 Å². The molecule has 0 aliphatic carbocycles. The van der Waals surface area contributed by atoms with Gasteiger partial charge in [-0.05, 0) is 12.1 Å². The molecule has 1 aromatic carbocycles. The van der Waals surface area contributed by atoms with E-state index in [0.717, 1.165) is 5.56 Å². The van der Waals surface area contributed by atoms with Gasteiger partial charge in [-0.3, -0.25) is 9.89 Å². The van der Waals surface area contributed by atoms with Gasteiger partial charge < -0.3 is 9.64 Å². The first-order valence-corrected chi connectivity index (χ1v) is 7.68. The van der Waals surface area contributed by atoms with Crippen LogP contribution in [0.5, 0.6) is 0 Å². The van der Waals surface area contributed by atoms with Crippen molar-refractivity contribution in [3.63, 3.8) is 0 Å². The zero-order chi connectivity index (χ0) is 16.4. The van der Waals surface area contributed by atoms with Gasteiger partial charge in [-0.2, -0.15) is 5.10 Å². The molecule has 0 spiro atoms. The van der Waals surface area contributed by atoms with Crippen LogP contribution in [0, 0.1) is 0 Å². The number of benzene rings is 1. The monoisotopic (exact) mass is 333 g/mol. The van der Waals surface area contributed by atoms with E-state index in [4.69, 9.17) is 16.3 Å². The van der Waals surface area contributed by atoms with E-state index >= 15 is 0 Å². The SMILES string of the molecule is CC(=O)N1CC[C@H](OC(=O)c2cn[nH]c2-c2ccc(Cl)cc2)C1. The van der Waals surface area contributed by atoms with Crippen molar-refractivity contribution in [1.29, 1.82) is 0 Å². The maximum Gasteiger partial charge on any atom is 0.342 e. The van der Waals surface area contributed by atoms with Gasteiger partial charge in [0.25, 0.3) is 0 Å². The lowest BCUT2D eigenvalue weighted by atomic mass is 10.1. The van der Waals surface area contributed by atoms with Crippen LogP contribution in [0.3, 0.4) is 0 Å². The second-order valence-electron chi connectivity index (χ2n) is 5.45. The molecule has 1 N–H and O–H groups in total. The zero-order valence-electron chi connectivity index (χ0n) is 12.6. The topological polar surface area (TPSA) is 75.3 Å². The molecule has 0 bridgehead atoms. The van der Waals surface area contributed by atoms with Crippen LogP contribution >= 0.6 is 11.6 Å². The van der Waals surface area contributed by atoms with Crippen molar-refractivity contribution in [1.82, 2.24) is 15.1 Å². The number of ether oxygens (including phenoxy) is 1. The first kappa shape index (κ1) is 15.6. The fraction of sp³-hybridized carbons (Fsp3) is 0.312. The zero-order valence-corrected chi connectivity index (χ0v) is 13.3. The lowest BCUT2D eigenvalue weighted by Crippen LogP contribution is -2.28. The normalized spacial score (nSPS) is 17.3. The van der Waals surface area contributed by atoms with E-state index in [0.29, 0.717) is 35.8 Å². The highest BCUT2D eigenvalue weighted by Gasteiger charge is 2.28. The van der Waals surface area contributed by atoms with Crippen LogP contribution in [0.4, 0.5) is 0 Å². The Morgan fingerprint density at radius 2 is 2.09 bits per heavy atom. The third kappa shape index (κ3) is 3.37. The molecular weight excluding hydrogens is 318 g/mol. The number of aromatic nitrogens is 2. The van der Waals surface area contributed by atoms with E-state index in [-0.39, 0.29) is 12.0 Å². The van der Waals surface area contributed by atoms with E-state index in [1.165, 1.54) is 13.1 Å². The van der Waals surface area contributed by atoms with Crippen LogP contribution in [0.1, 0.15) is 23.7 Å². The number of amides is 1. The summed E-state index contributed by atoms with van der Waals surface area (Å²) in [6, 6.07) is 7.10. The lowest BCUT2D eigenvalue weighted by Gasteiger charge is -2.14. The van der Waals surface area contributed by atoms with Crippen LogP contribution in [-0.4, -0.2) is 46.2 Å². The van der Waals surface area contributed by atoms with Crippen molar-refractivity contribution in [2.75, 3.05) is 13.1 Å². The molecule has 0 radical (unpaired) electrons. The molecule has 0 saturated carbocycles. The number of aromatic amines is 1. The minimum absolute atomic E-state index is 0.00582. The maximum atomic E-state index is 12.4. The minimum atomic E-state index is -0.445. The van der Waals surface area contributed by atoms with Gasteiger partial charge in [0.2, 0.25) is 5.91 Å². The van der Waals surface area contributed by atoms with Gasteiger partial charge >= 0.3 is 5.97 Å². The second kappa shape index (κ2) is 6.42. The van der Waals surface area contributed by atoms with E-state index in [1.54, 1.807) is 29.2 Å². The molecule has 1 amide bonds. The summed E-state index contributed by atoms with van der Waals surface area (Å²) in [5.74, 6) is -0.451. The third-order valence-electron chi connectivity index (χ3n) is 3.86. The summed E-state index contributed by atoms with van der Waals surface area (Å²) in [4.78, 5) is 25.4. The highest BCUT2D eigenvalue weighted by atomic mass is 35.5. The number of likely N-dealkylation sites (tertiary alicyclic amines) is 1. The predicted molar refractivity (Wildman–Crippen MR) is 85.1 cm³/mol. The Balaban J connectivity index is 1.73. The largest absolute Gasteiger partial charge is 0.457 e. The molecule has 1 aromatic heterocycles. The molecule has 1 aliphatic heterocycles. The highest BCUT2D eigenvalue weighted by molar-refractivity contribution is 6.30. The fourth-order valence-electron chi connectivity index (χ4n) is 2.60. The van der Waals surface area contributed by atoms with Gasteiger partial charge in [-0.25, -0.2) is 4.79 Å². The Kier molecular flexibility index (Phi) is 4.34. The molecule has 7 heteroatoms. The number of carbonyl (C=O) groups excluding carboxylic acids is 2. The van der Waals surface area contributed by atoms with Crippen molar-refractivity contribution in [3.8, 4) is 11.3 Å². The highest BCUT2D eigenvalue weighted by Crippen LogP contribution is 2.24. The van der Waals surface area contributed by atoms with E-state index in [2.05, 4.69) is 10.2 Å². The predicted octanol–water partition coefficient (Wildman–Crippen LogP) is 2.51. The summed E-state index contributed by atoms with van der Waals surface area (Å²) in [5, 5.41) is 7.37. The number of esters is 1. The molecule has 120 valence electrons. The van der Waals surface area contributed by atoms with Crippen molar-refractivity contribution < 1.29 is 14.3 Å². The molecule has 3 rings (SSSR count). The number of carbonyl (C=O) groups is 2. The van der Waals surface area contributed by atoms with Crippen LogP contribution < -0.4 is 0 Å². The fourth-order valence-corrected chi connectivity index (χ4v) is 2.73. The molecule has 2 aromatic rings. The van der Waals surface area contributed by atoms with Crippen LogP contribution in [-0.2, 0) is 9.53 Å². The Morgan fingerprint density at radius 1 is 1.35 bits per heavy atom. The average Bonchev–Trinajstić information content (AvgIpc) is 3.16. The number of halogens is 1. The number of nitrogens with one attached hydrogen (secondary N) is 1. The number of nitrogens with zero attached hydrogens (tertiary/aromatic N) is 2. The summed E-state index contributed by atoms with van der Waals surface area (Å²) in [7, 11) is 0. The standard InChI is InChI=1S/C16H16ClN3O3/c1-10(21)20-7-6-13(9-20)23-16(22)14-8-18-19-15(14)11-2-4-12(17)5-3-11/h2-5,8,13H,6-7,9H2,1H3,(H,18,19)/t13-/m0/s1. The van der Waals surface area contributed by atoms with Crippen LogP contribution in [0.25, 0.3) is 11.3 Å². The summed E-state index contributed by atoms with van der Waals surface area (Å²) in [5.41, 5.74) is 1.76. The Labute approximate surface area is 138 Å². The maximum absolute atomic E-state index is 12.4. The Morgan fingerprint density at radius 3 is 2.74 bits per heavy atom. The lowest BCUT2D eigenvalue weighted by molar-refractivity contribution is -0.128. The number of rotatable bonds is 3. The Hall–Kier alpha value is -2.34. The molecular formula is C16H16ClN3O3. The second-order valence-corrected chi connectivity index (χ2v) is 5.88. The summed E-state index contributed by atoms with van der Waals surface area (Å²) in [6.45, 7) is 2.57. The number of H-pyrrole nitrogens is 1. The summed E-state index contributed by atoms with van der Waals surface area (Å²) < 4.78 is 5.50. The number of hydrogen-bond acceptors (Lipinski definition) is 4. The molecule has 6 nitrogen and oxygen atoms in total. The van der Waals surface area contributed by atoms with Gasteiger partial charge in [0, 0.05) is 30.5 Å². The molecule has 1 atom stereocenters. The minimum Gasteiger partial charge on any atom is -0.457 e. The summed E-state index contributed by atoms with van der Waals surface area (Å²) >= 11 is 5.88. The van der Waals surface area contributed by atoms with Gasteiger partial charge in [-0.1, -0.05) is 23.7 Å². The van der Waals surface area contributed by atoms with Crippen molar-refractivity contribution in [2.24, 2.45) is 0 Å². The first-order valence-electron chi connectivity index (χ1n) is 7.30. The molecule has 1 aliphatic rings. The van der Waals surface area contributed by atoms with Crippen molar-refractivity contribution in [3.05, 3.63) is 41.0 Å². The third-order valence-corrected chi connectivity index (χ3v) is 4.11. The van der Waals surface area contributed by atoms with Crippen molar-refractivity contribution >= 4 is 23.5 Å². The molecule has 0 unspecified atom stereocenters. The molecule has 1 fully saturated rings. The molecule has 1 saturated heterocycles. The smallest absolute Gasteiger partial charge is 0.342 e. The van der Waals surface area contributed by atoms with Crippen LogP contribution in [0.15, 0.2) is 30.5 Å². The summed E-state index contributed by atoms with van der Waals surface area (Å²) in [6.07, 6.45) is 1.82. The van der Waals surface area contributed by atoms with Crippen molar-refractivity contribution in [2.45, 2.75) is 19.4 Å². The molecule has 23 heavy (non-hydrogen) atoms. The van der Waals surface area contributed by atoms with E-state index in [9.17, 15) is 9.59 Å². The van der Waals surface area contributed by atoms with Gasteiger partial charge in [0.05, 0.1) is 18.4 Å². The van der Waals surface area contributed by atoms with Gasteiger partial charge in [0.1, 0.15) is 11.7 Å².